The topological polar surface area (TPSA) is 96.0 Å². The summed E-state index contributed by atoms with van der Waals surface area (Å²) in [4.78, 5) is 29.0. The molecule has 0 aromatic heterocycles. The number of sulfonamides is 1. The van der Waals surface area contributed by atoms with Gasteiger partial charge in [-0.2, -0.15) is 0 Å². The lowest BCUT2D eigenvalue weighted by atomic mass is 10.0. The van der Waals surface area contributed by atoms with Crippen molar-refractivity contribution in [2.45, 2.75) is 45.7 Å². The Morgan fingerprint density at radius 1 is 0.878 bits per heavy atom. The first kappa shape index (κ1) is 31.7. The Morgan fingerprint density at radius 2 is 1.46 bits per heavy atom. The second kappa shape index (κ2) is 15.2. The fourth-order valence-corrected chi connectivity index (χ4v) is 5.54. The van der Waals surface area contributed by atoms with Gasteiger partial charge in [0.2, 0.25) is 21.8 Å². The van der Waals surface area contributed by atoms with Gasteiger partial charge in [-0.25, -0.2) is 8.42 Å². The molecule has 0 aliphatic carbocycles. The summed E-state index contributed by atoms with van der Waals surface area (Å²) >= 11 is 0. The SMILES string of the molecule is COc1ccccc1N(CCCC(=O)N(Cc1ccccc1)[C@@H](Cc1ccccc1)C(=O)NCC(C)C)S(C)(=O)=O. The first-order valence-corrected chi connectivity index (χ1v) is 15.7. The second-order valence-corrected chi connectivity index (χ2v) is 12.4. The smallest absolute Gasteiger partial charge is 0.243 e. The molecule has 3 aromatic carbocycles. The Bertz CT molecular complexity index is 1360. The van der Waals surface area contributed by atoms with Crippen LogP contribution >= 0.6 is 0 Å². The van der Waals surface area contributed by atoms with Gasteiger partial charge in [-0.15, -0.1) is 0 Å². The average Bonchev–Trinajstić information content (AvgIpc) is 2.96. The molecule has 3 aromatic rings. The van der Waals surface area contributed by atoms with Crippen molar-refractivity contribution >= 4 is 27.5 Å². The summed E-state index contributed by atoms with van der Waals surface area (Å²) in [5.41, 5.74) is 2.27. The number of hydrogen-bond acceptors (Lipinski definition) is 5. The molecule has 0 aliphatic heterocycles. The summed E-state index contributed by atoms with van der Waals surface area (Å²) in [5.74, 6) is 0.257. The Morgan fingerprint density at radius 3 is 2.05 bits per heavy atom. The van der Waals surface area contributed by atoms with Crippen LogP contribution in [0.4, 0.5) is 5.69 Å². The molecule has 9 heteroatoms. The molecule has 0 unspecified atom stereocenters. The van der Waals surface area contributed by atoms with Crippen LogP contribution in [0.1, 0.15) is 37.8 Å². The van der Waals surface area contributed by atoms with Gasteiger partial charge in [0.1, 0.15) is 11.8 Å². The normalized spacial score (nSPS) is 12.0. The molecule has 0 fully saturated rings. The summed E-state index contributed by atoms with van der Waals surface area (Å²) in [5, 5.41) is 3.02. The van der Waals surface area contributed by atoms with E-state index in [0.717, 1.165) is 17.4 Å². The van der Waals surface area contributed by atoms with E-state index in [1.54, 1.807) is 29.2 Å². The van der Waals surface area contributed by atoms with E-state index in [1.807, 2.05) is 74.5 Å². The molecule has 8 nitrogen and oxygen atoms in total. The number of methoxy groups -OCH3 is 1. The van der Waals surface area contributed by atoms with Gasteiger partial charge in [0.05, 0.1) is 19.1 Å². The van der Waals surface area contributed by atoms with E-state index in [1.165, 1.54) is 11.4 Å². The maximum Gasteiger partial charge on any atom is 0.243 e. The minimum atomic E-state index is -3.64. The molecule has 2 amide bonds. The Kier molecular flexibility index (Phi) is 11.8. The lowest BCUT2D eigenvalue weighted by Gasteiger charge is -2.32. The van der Waals surface area contributed by atoms with Crippen molar-refractivity contribution in [3.05, 3.63) is 96.1 Å². The molecular weight excluding hydrogens is 538 g/mol. The van der Waals surface area contributed by atoms with E-state index in [-0.39, 0.29) is 43.7 Å². The van der Waals surface area contributed by atoms with Gasteiger partial charge in [0.15, 0.2) is 0 Å². The zero-order valence-electron chi connectivity index (χ0n) is 24.3. The first-order valence-electron chi connectivity index (χ1n) is 13.9. The highest BCUT2D eigenvalue weighted by atomic mass is 32.2. The van der Waals surface area contributed by atoms with E-state index in [2.05, 4.69) is 5.32 Å². The summed E-state index contributed by atoms with van der Waals surface area (Å²) in [6, 6.07) is 25.4. The van der Waals surface area contributed by atoms with Crippen molar-refractivity contribution in [2.24, 2.45) is 5.92 Å². The first-order chi connectivity index (χ1) is 19.6. The summed E-state index contributed by atoms with van der Waals surface area (Å²) in [6.07, 6.45) is 1.83. The Balaban J connectivity index is 1.87. The van der Waals surface area contributed by atoms with E-state index >= 15 is 0 Å². The van der Waals surface area contributed by atoms with Crippen LogP contribution in [0.2, 0.25) is 0 Å². The lowest BCUT2D eigenvalue weighted by molar-refractivity contribution is -0.141. The third kappa shape index (κ3) is 9.63. The molecule has 3 rings (SSSR count). The van der Waals surface area contributed by atoms with Crippen molar-refractivity contribution < 1.29 is 22.7 Å². The summed E-state index contributed by atoms with van der Waals surface area (Å²) in [6.45, 7) is 4.89. The van der Waals surface area contributed by atoms with Crippen LogP contribution in [0.25, 0.3) is 0 Å². The number of benzene rings is 3. The minimum absolute atomic E-state index is 0.0662. The van der Waals surface area contributed by atoms with Gasteiger partial charge >= 0.3 is 0 Å². The molecule has 0 saturated heterocycles. The van der Waals surface area contributed by atoms with Crippen LogP contribution in [0.15, 0.2) is 84.9 Å². The van der Waals surface area contributed by atoms with Crippen LogP contribution < -0.4 is 14.4 Å². The maximum atomic E-state index is 13.9. The average molecular weight is 580 g/mol. The monoisotopic (exact) mass is 579 g/mol. The highest BCUT2D eigenvalue weighted by Gasteiger charge is 2.30. The van der Waals surface area contributed by atoms with Gasteiger partial charge in [-0.1, -0.05) is 86.6 Å². The predicted octanol–water partition coefficient (Wildman–Crippen LogP) is 4.65. The number of carbonyl (C=O) groups is 2. The standard InChI is InChI=1S/C32H41N3O5S/c1-25(2)23-33-32(37)29(22-26-14-7-5-8-15-26)34(24-27-16-9-6-10-17-27)31(36)20-13-21-35(41(4,38)39)28-18-11-12-19-30(28)40-3/h5-12,14-19,25,29H,13,20-24H2,1-4H3,(H,33,37)/t29-/m0/s1. The van der Waals surface area contributed by atoms with Crippen LogP contribution in [0.3, 0.4) is 0 Å². The summed E-state index contributed by atoms with van der Waals surface area (Å²) < 4.78 is 32.0. The number of nitrogens with one attached hydrogen (secondary N) is 1. The fourth-order valence-electron chi connectivity index (χ4n) is 4.57. The third-order valence-corrected chi connectivity index (χ3v) is 7.84. The van der Waals surface area contributed by atoms with E-state index in [0.29, 0.717) is 24.4 Å². The number of carbonyl (C=O) groups excluding carboxylic acids is 2. The molecule has 0 heterocycles. The lowest BCUT2D eigenvalue weighted by Crippen LogP contribution is -2.51. The number of ether oxygens (including phenoxy) is 1. The number of hydrogen-bond donors (Lipinski definition) is 1. The zero-order chi connectivity index (χ0) is 29.8. The van der Waals surface area contributed by atoms with Gasteiger partial charge < -0.3 is 15.0 Å². The highest BCUT2D eigenvalue weighted by Crippen LogP contribution is 2.30. The third-order valence-electron chi connectivity index (χ3n) is 6.66. The highest BCUT2D eigenvalue weighted by molar-refractivity contribution is 7.92. The van der Waals surface area contributed by atoms with Crippen molar-refractivity contribution in [1.29, 1.82) is 0 Å². The minimum Gasteiger partial charge on any atom is -0.495 e. The van der Waals surface area contributed by atoms with E-state index in [9.17, 15) is 18.0 Å². The van der Waals surface area contributed by atoms with Gasteiger partial charge in [0, 0.05) is 32.5 Å². The number of amides is 2. The van der Waals surface area contributed by atoms with E-state index < -0.39 is 16.1 Å². The van der Waals surface area contributed by atoms with Crippen molar-refractivity contribution in [2.75, 3.05) is 30.8 Å². The van der Waals surface area contributed by atoms with Crippen LogP contribution in [0.5, 0.6) is 5.75 Å². The number of anilines is 1. The molecule has 0 bridgehead atoms. The van der Waals surface area contributed by atoms with Crippen molar-refractivity contribution in [3.63, 3.8) is 0 Å². The van der Waals surface area contributed by atoms with Crippen LogP contribution in [-0.2, 0) is 32.6 Å². The molecule has 0 spiro atoms. The molecule has 0 radical (unpaired) electrons. The number of nitrogens with zero attached hydrogens (tertiary/aromatic N) is 2. The van der Waals surface area contributed by atoms with Gasteiger partial charge in [-0.3, -0.25) is 13.9 Å². The molecule has 1 atom stereocenters. The van der Waals surface area contributed by atoms with Crippen molar-refractivity contribution in [3.8, 4) is 5.75 Å². The predicted molar refractivity (Wildman–Crippen MR) is 163 cm³/mol. The second-order valence-electron chi connectivity index (χ2n) is 10.5. The van der Waals surface area contributed by atoms with Crippen LogP contribution in [0, 0.1) is 5.92 Å². The van der Waals surface area contributed by atoms with E-state index in [4.69, 9.17) is 4.74 Å². The molecule has 41 heavy (non-hydrogen) atoms. The molecule has 1 N–H and O–H groups in total. The van der Waals surface area contributed by atoms with Gasteiger partial charge in [0.25, 0.3) is 0 Å². The van der Waals surface area contributed by atoms with Gasteiger partial charge in [-0.05, 0) is 35.6 Å². The Hall–Kier alpha value is -3.85. The Labute approximate surface area is 244 Å². The summed E-state index contributed by atoms with van der Waals surface area (Å²) in [7, 11) is -2.15. The maximum absolute atomic E-state index is 13.9. The molecule has 0 aliphatic rings. The zero-order valence-corrected chi connectivity index (χ0v) is 25.1. The van der Waals surface area contributed by atoms with Crippen LogP contribution in [-0.4, -0.2) is 57.6 Å². The fraction of sp³-hybridized carbons (Fsp3) is 0.375. The largest absolute Gasteiger partial charge is 0.495 e. The molecule has 220 valence electrons. The molecular formula is C32H41N3O5S. The van der Waals surface area contributed by atoms with Crippen molar-refractivity contribution in [1.82, 2.24) is 10.2 Å². The molecule has 0 saturated carbocycles. The quantitative estimate of drug-likeness (QED) is 0.283. The number of para-hydroxylation sites is 2. The number of rotatable bonds is 15.